The minimum atomic E-state index is -0.00431. The van der Waals surface area contributed by atoms with Crippen LogP contribution in [0, 0.1) is 0 Å². The Morgan fingerprint density at radius 2 is 1.81 bits per heavy atom. The molecule has 1 aromatic carbocycles. The number of hydrogen-bond donors (Lipinski definition) is 0. The van der Waals surface area contributed by atoms with Crippen LogP contribution < -0.4 is 4.90 Å². The summed E-state index contributed by atoms with van der Waals surface area (Å²) in [5.41, 5.74) is 3.07. The number of likely N-dealkylation sites (N-methyl/N-ethyl adjacent to an activating group) is 1. The molecule has 2 aliphatic heterocycles. The highest BCUT2D eigenvalue weighted by Gasteiger charge is 2.24. The molecule has 2 aromatic rings. The summed E-state index contributed by atoms with van der Waals surface area (Å²) >= 11 is 0. The highest BCUT2D eigenvalue weighted by atomic mass is 16.2. The van der Waals surface area contributed by atoms with Crippen molar-refractivity contribution in [3.05, 3.63) is 53.3 Å². The molecule has 0 saturated carbocycles. The first-order valence-electron chi connectivity index (χ1n) is 9.41. The number of hydrogen-bond acceptors (Lipinski definition) is 5. The van der Waals surface area contributed by atoms with E-state index in [-0.39, 0.29) is 5.91 Å². The summed E-state index contributed by atoms with van der Waals surface area (Å²) in [7, 11) is 0. The lowest BCUT2D eigenvalue weighted by Crippen LogP contribution is -2.47. The molecule has 6 nitrogen and oxygen atoms in total. The molecule has 1 fully saturated rings. The van der Waals surface area contributed by atoms with Crippen molar-refractivity contribution >= 4 is 11.9 Å². The fraction of sp³-hybridized carbons (Fsp3) is 0.450. The lowest BCUT2D eigenvalue weighted by atomic mass is 10.00. The normalized spacial score (nSPS) is 17.9. The summed E-state index contributed by atoms with van der Waals surface area (Å²) in [6, 6.07) is 10.1. The monoisotopic (exact) mass is 351 g/mol. The van der Waals surface area contributed by atoms with Gasteiger partial charge in [-0.15, -0.1) is 0 Å². The van der Waals surface area contributed by atoms with E-state index in [1.165, 1.54) is 11.1 Å². The molecule has 0 aliphatic carbocycles. The second kappa shape index (κ2) is 7.41. The predicted octanol–water partition coefficient (Wildman–Crippen LogP) is 1.82. The first-order chi connectivity index (χ1) is 12.7. The van der Waals surface area contributed by atoms with Crippen molar-refractivity contribution in [3.8, 4) is 0 Å². The molecule has 3 heterocycles. The molecule has 4 rings (SSSR count). The van der Waals surface area contributed by atoms with Gasteiger partial charge in [-0.2, -0.15) is 0 Å². The van der Waals surface area contributed by atoms with E-state index in [2.05, 4.69) is 44.9 Å². The van der Waals surface area contributed by atoms with Crippen LogP contribution in [-0.4, -0.2) is 64.9 Å². The van der Waals surface area contributed by atoms with E-state index < -0.39 is 0 Å². The highest BCUT2D eigenvalue weighted by molar-refractivity contribution is 5.92. The Balaban J connectivity index is 1.47. The SMILES string of the molecule is CCN1CCN(c2nccc(C(=O)N3CCc4ccccc4C3)n2)CC1. The first-order valence-corrected chi connectivity index (χ1v) is 9.41. The van der Waals surface area contributed by atoms with Gasteiger partial charge in [-0.1, -0.05) is 31.2 Å². The Hall–Kier alpha value is -2.47. The molecule has 0 bridgehead atoms. The zero-order valence-corrected chi connectivity index (χ0v) is 15.3. The third-order valence-electron chi connectivity index (χ3n) is 5.38. The van der Waals surface area contributed by atoms with Gasteiger partial charge in [-0.05, 0) is 30.2 Å². The number of carbonyl (C=O) groups is 1. The van der Waals surface area contributed by atoms with Gasteiger partial charge in [0.25, 0.3) is 5.91 Å². The lowest BCUT2D eigenvalue weighted by molar-refractivity contribution is 0.0728. The van der Waals surface area contributed by atoms with Crippen molar-refractivity contribution in [1.82, 2.24) is 19.8 Å². The molecule has 0 unspecified atom stereocenters. The number of rotatable bonds is 3. The largest absolute Gasteiger partial charge is 0.338 e. The summed E-state index contributed by atoms with van der Waals surface area (Å²) in [6.07, 6.45) is 2.61. The molecule has 0 atom stereocenters. The molecule has 1 saturated heterocycles. The fourth-order valence-electron chi connectivity index (χ4n) is 3.72. The maximum Gasteiger partial charge on any atom is 0.272 e. The van der Waals surface area contributed by atoms with Gasteiger partial charge in [0.2, 0.25) is 5.95 Å². The molecular weight excluding hydrogens is 326 g/mol. The van der Waals surface area contributed by atoms with Crippen LogP contribution in [0.2, 0.25) is 0 Å². The summed E-state index contributed by atoms with van der Waals surface area (Å²) in [4.78, 5) is 28.4. The Kier molecular flexibility index (Phi) is 4.84. The van der Waals surface area contributed by atoms with Crippen molar-refractivity contribution < 1.29 is 4.79 Å². The van der Waals surface area contributed by atoms with Crippen molar-refractivity contribution in [2.45, 2.75) is 19.9 Å². The van der Waals surface area contributed by atoms with Gasteiger partial charge in [-0.3, -0.25) is 4.79 Å². The van der Waals surface area contributed by atoms with Gasteiger partial charge in [0, 0.05) is 45.5 Å². The van der Waals surface area contributed by atoms with Crippen LogP contribution in [0.25, 0.3) is 0 Å². The number of anilines is 1. The lowest BCUT2D eigenvalue weighted by Gasteiger charge is -2.34. The third-order valence-corrected chi connectivity index (χ3v) is 5.38. The van der Waals surface area contributed by atoms with Crippen molar-refractivity contribution in [2.24, 2.45) is 0 Å². The van der Waals surface area contributed by atoms with E-state index in [1.54, 1.807) is 12.3 Å². The minimum absolute atomic E-state index is 0.00431. The van der Waals surface area contributed by atoms with Gasteiger partial charge in [0.05, 0.1) is 0 Å². The van der Waals surface area contributed by atoms with E-state index in [4.69, 9.17) is 0 Å². The van der Waals surface area contributed by atoms with Crippen LogP contribution in [-0.2, 0) is 13.0 Å². The Morgan fingerprint density at radius 3 is 2.58 bits per heavy atom. The number of amides is 1. The summed E-state index contributed by atoms with van der Waals surface area (Å²) in [6.45, 7) is 8.49. The van der Waals surface area contributed by atoms with Gasteiger partial charge < -0.3 is 14.7 Å². The second-order valence-corrected chi connectivity index (χ2v) is 6.91. The van der Waals surface area contributed by atoms with Gasteiger partial charge >= 0.3 is 0 Å². The smallest absolute Gasteiger partial charge is 0.272 e. The van der Waals surface area contributed by atoms with Crippen LogP contribution in [0.1, 0.15) is 28.5 Å². The van der Waals surface area contributed by atoms with Crippen molar-refractivity contribution in [2.75, 3.05) is 44.2 Å². The van der Waals surface area contributed by atoms with Crippen LogP contribution in [0.5, 0.6) is 0 Å². The fourth-order valence-corrected chi connectivity index (χ4v) is 3.72. The van der Waals surface area contributed by atoms with Crippen LogP contribution in [0.15, 0.2) is 36.5 Å². The van der Waals surface area contributed by atoms with E-state index in [0.29, 0.717) is 18.2 Å². The average molecular weight is 351 g/mol. The molecular formula is C20H25N5O. The van der Waals surface area contributed by atoms with Crippen LogP contribution >= 0.6 is 0 Å². The van der Waals surface area contributed by atoms with E-state index in [9.17, 15) is 4.79 Å². The summed E-state index contributed by atoms with van der Waals surface area (Å²) in [5, 5.41) is 0. The van der Waals surface area contributed by atoms with Gasteiger partial charge in [0.15, 0.2) is 0 Å². The first kappa shape index (κ1) is 17.0. The maximum absolute atomic E-state index is 13.0. The van der Waals surface area contributed by atoms with Crippen LogP contribution in [0.3, 0.4) is 0 Å². The minimum Gasteiger partial charge on any atom is -0.338 e. The third kappa shape index (κ3) is 3.42. The summed E-state index contributed by atoms with van der Waals surface area (Å²) < 4.78 is 0. The molecule has 2 aliphatic rings. The summed E-state index contributed by atoms with van der Waals surface area (Å²) in [5.74, 6) is 0.666. The molecule has 0 spiro atoms. The van der Waals surface area contributed by atoms with Gasteiger partial charge in [-0.25, -0.2) is 9.97 Å². The highest BCUT2D eigenvalue weighted by Crippen LogP contribution is 2.20. The van der Waals surface area contributed by atoms with Crippen molar-refractivity contribution in [1.29, 1.82) is 0 Å². The molecule has 1 amide bonds. The Labute approximate surface area is 154 Å². The molecule has 0 radical (unpaired) electrons. The second-order valence-electron chi connectivity index (χ2n) is 6.91. The molecule has 136 valence electrons. The van der Waals surface area contributed by atoms with E-state index in [1.807, 2.05) is 11.0 Å². The molecule has 6 heteroatoms. The van der Waals surface area contributed by atoms with Crippen molar-refractivity contribution in [3.63, 3.8) is 0 Å². The Morgan fingerprint density at radius 1 is 1.04 bits per heavy atom. The standard InChI is InChI=1S/C20H25N5O/c1-2-23-11-13-24(14-12-23)20-21-9-7-18(22-20)19(26)25-10-8-16-5-3-4-6-17(16)15-25/h3-7,9H,2,8,10-15H2,1H3. The van der Waals surface area contributed by atoms with E-state index >= 15 is 0 Å². The van der Waals surface area contributed by atoms with Crippen LogP contribution in [0.4, 0.5) is 5.95 Å². The van der Waals surface area contributed by atoms with Gasteiger partial charge in [0.1, 0.15) is 5.69 Å². The topological polar surface area (TPSA) is 52.6 Å². The maximum atomic E-state index is 13.0. The number of piperazine rings is 1. The number of carbonyl (C=O) groups excluding carboxylic acids is 1. The zero-order valence-electron chi connectivity index (χ0n) is 15.3. The number of aromatic nitrogens is 2. The molecule has 26 heavy (non-hydrogen) atoms. The quantitative estimate of drug-likeness (QED) is 0.844. The van der Waals surface area contributed by atoms with E-state index in [0.717, 1.165) is 45.7 Å². The number of benzene rings is 1. The predicted molar refractivity (Wildman–Crippen MR) is 101 cm³/mol. The Bertz CT molecular complexity index is 785. The average Bonchev–Trinajstić information content (AvgIpc) is 2.73. The zero-order chi connectivity index (χ0) is 17.9. The number of nitrogens with zero attached hydrogens (tertiary/aromatic N) is 5. The molecule has 1 aromatic heterocycles. The number of fused-ring (bicyclic) bond motifs is 1. The molecule has 0 N–H and O–H groups in total.